The summed E-state index contributed by atoms with van der Waals surface area (Å²) in [6.07, 6.45) is 3.07. The predicted molar refractivity (Wildman–Crippen MR) is 43.6 cm³/mol. The van der Waals surface area contributed by atoms with Gasteiger partial charge >= 0.3 is 0 Å². The van der Waals surface area contributed by atoms with Crippen LogP contribution in [0.15, 0.2) is 22.8 Å². The molecule has 62 valence electrons. The van der Waals surface area contributed by atoms with Gasteiger partial charge in [0.15, 0.2) is 0 Å². The molecule has 0 bridgehead atoms. The SMILES string of the molecule is OCCCC(Cl)c1ccco1. The van der Waals surface area contributed by atoms with Gasteiger partial charge in [-0.2, -0.15) is 0 Å². The van der Waals surface area contributed by atoms with Crippen molar-refractivity contribution in [1.82, 2.24) is 0 Å². The van der Waals surface area contributed by atoms with Crippen molar-refractivity contribution in [3.05, 3.63) is 24.2 Å². The second-order valence-corrected chi connectivity index (χ2v) is 2.88. The fourth-order valence-corrected chi connectivity index (χ4v) is 1.16. The first-order chi connectivity index (χ1) is 5.34. The fraction of sp³-hybridized carbons (Fsp3) is 0.500. The van der Waals surface area contributed by atoms with E-state index in [1.54, 1.807) is 6.26 Å². The van der Waals surface area contributed by atoms with Crippen LogP contribution < -0.4 is 0 Å². The van der Waals surface area contributed by atoms with Gasteiger partial charge in [-0.25, -0.2) is 0 Å². The van der Waals surface area contributed by atoms with Crippen molar-refractivity contribution in [3.63, 3.8) is 0 Å². The zero-order valence-electron chi connectivity index (χ0n) is 6.16. The molecule has 1 aromatic rings. The average Bonchev–Trinajstić information content (AvgIpc) is 2.52. The highest BCUT2D eigenvalue weighted by atomic mass is 35.5. The van der Waals surface area contributed by atoms with Gasteiger partial charge in [-0.05, 0) is 25.0 Å². The van der Waals surface area contributed by atoms with E-state index in [0.29, 0.717) is 0 Å². The van der Waals surface area contributed by atoms with Crippen LogP contribution in [0.2, 0.25) is 0 Å². The summed E-state index contributed by atoms with van der Waals surface area (Å²) in [5.41, 5.74) is 0. The number of furan rings is 1. The maximum atomic E-state index is 8.52. The van der Waals surface area contributed by atoms with Crippen LogP contribution in [0.4, 0.5) is 0 Å². The summed E-state index contributed by atoms with van der Waals surface area (Å²) in [5.74, 6) is 0.778. The van der Waals surface area contributed by atoms with Crippen LogP contribution in [0.3, 0.4) is 0 Å². The van der Waals surface area contributed by atoms with Crippen LogP contribution in [-0.4, -0.2) is 11.7 Å². The number of aliphatic hydroxyl groups is 1. The van der Waals surface area contributed by atoms with Crippen LogP contribution >= 0.6 is 11.6 Å². The van der Waals surface area contributed by atoms with Gasteiger partial charge in [0.2, 0.25) is 0 Å². The molecule has 0 aliphatic carbocycles. The first-order valence-corrected chi connectivity index (χ1v) is 4.06. The van der Waals surface area contributed by atoms with E-state index in [2.05, 4.69) is 0 Å². The summed E-state index contributed by atoms with van der Waals surface area (Å²) in [6.45, 7) is 0.184. The van der Waals surface area contributed by atoms with Crippen molar-refractivity contribution in [1.29, 1.82) is 0 Å². The molecule has 0 spiro atoms. The Hall–Kier alpha value is -0.470. The molecular formula is C8H11ClO2. The van der Waals surface area contributed by atoms with Crippen LogP contribution in [-0.2, 0) is 0 Å². The summed E-state index contributed by atoms with van der Waals surface area (Å²) in [7, 11) is 0. The minimum absolute atomic E-state index is 0.0999. The van der Waals surface area contributed by atoms with Gasteiger partial charge in [0.1, 0.15) is 5.76 Å². The molecule has 0 aromatic carbocycles. The molecule has 11 heavy (non-hydrogen) atoms. The Morgan fingerprint density at radius 1 is 1.64 bits per heavy atom. The van der Waals surface area contributed by atoms with Gasteiger partial charge in [0.05, 0.1) is 11.6 Å². The summed E-state index contributed by atoms with van der Waals surface area (Å²) >= 11 is 5.92. The maximum absolute atomic E-state index is 8.52. The van der Waals surface area contributed by atoms with Crippen LogP contribution in [0.5, 0.6) is 0 Å². The standard InChI is InChI=1S/C8H11ClO2/c9-7(3-1-5-10)8-4-2-6-11-8/h2,4,6-7,10H,1,3,5H2. The summed E-state index contributed by atoms with van der Waals surface area (Å²) in [4.78, 5) is 0. The van der Waals surface area contributed by atoms with Gasteiger partial charge in [0.25, 0.3) is 0 Å². The van der Waals surface area contributed by atoms with E-state index < -0.39 is 0 Å². The lowest BCUT2D eigenvalue weighted by atomic mass is 10.2. The monoisotopic (exact) mass is 174 g/mol. The predicted octanol–water partition coefficient (Wildman–Crippen LogP) is 2.33. The number of alkyl halides is 1. The minimum Gasteiger partial charge on any atom is -0.468 e. The molecule has 0 amide bonds. The van der Waals surface area contributed by atoms with Crippen molar-refractivity contribution < 1.29 is 9.52 Å². The van der Waals surface area contributed by atoms with Gasteiger partial charge in [-0.15, -0.1) is 11.6 Å². The Morgan fingerprint density at radius 2 is 2.45 bits per heavy atom. The van der Waals surface area contributed by atoms with E-state index in [-0.39, 0.29) is 12.0 Å². The molecule has 1 atom stereocenters. The third-order valence-corrected chi connectivity index (χ3v) is 1.90. The van der Waals surface area contributed by atoms with Crippen molar-refractivity contribution in [2.45, 2.75) is 18.2 Å². The van der Waals surface area contributed by atoms with Crippen molar-refractivity contribution in [3.8, 4) is 0 Å². The van der Waals surface area contributed by atoms with E-state index in [9.17, 15) is 0 Å². The van der Waals surface area contributed by atoms with Gasteiger partial charge < -0.3 is 9.52 Å². The van der Waals surface area contributed by atoms with Crippen molar-refractivity contribution in [2.24, 2.45) is 0 Å². The van der Waals surface area contributed by atoms with Crippen LogP contribution in [0, 0.1) is 0 Å². The van der Waals surface area contributed by atoms with Gasteiger partial charge in [0, 0.05) is 6.61 Å². The molecule has 1 N–H and O–H groups in total. The molecule has 1 aromatic heterocycles. The summed E-state index contributed by atoms with van der Waals surface area (Å²) in [6, 6.07) is 3.65. The van der Waals surface area contributed by atoms with E-state index in [4.69, 9.17) is 21.1 Å². The highest BCUT2D eigenvalue weighted by Gasteiger charge is 2.08. The Labute approximate surface area is 70.8 Å². The number of hydrogen-bond acceptors (Lipinski definition) is 2. The molecular weight excluding hydrogens is 164 g/mol. The van der Waals surface area contributed by atoms with Crippen molar-refractivity contribution in [2.75, 3.05) is 6.61 Å². The average molecular weight is 175 g/mol. The number of rotatable bonds is 4. The number of aliphatic hydroxyl groups excluding tert-OH is 1. The Kier molecular flexibility index (Phi) is 3.46. The molecule has 1 rings (SSSR count). The van der Waals surface area contributed by atoms with E-state index in [1.165, 1.54) is 0 Å². The van der Waals surface area contributed by atoms with Gasteiger partial charge in [-0.3, -0.25) is 0 Å². The van der Waals surface area contributed by atoms with E-state index in [1.807, 2.05) is 12.1 Å². The molecule has 0 saturated heterocycles. The molecule has 2 nitrogen and oxygen atoms in total. The normalized spacial score (nSPS) is 13.3. The van der Waals surface area contributed by atoms with Crippen molar-refractivity contribution >= 4 is 11.6 Å². The number of halogens is 1. The second-order valence-electron chi connectivity index (χ2n) is 2.35. The highest BCUT2D eigenvalue weighted by molar-refractivity contribution is 6.20. The van der Waals surface area contributed by atoms with E-state index in [0.717, 1.165) is 18.6 Å². The zero-order chi connectivity index (χ0) is 8.10. The third-order valence-electron chi connectivity index (χ3n) is 1.47. The Morgan fingerprint density at radius 3 is 3.00 bits per heavy atom. The lowest BCUT2D eigenvalue weighted by molar-refractivity contribution is 0.282. The quantitative estimate of drug-likeness (QED) is 0.711. The maximum Gasteiger partial charge on any atom is 0.121 e. The molecule has 0 saturated carbocycles. The Bertz CT molecular complexity index is 184. The first kappa shape index (κ1) is 8.62. The molecule has 0 fully saturated rings. The van der Waals surface area contributed by atoms with Crippen LogP contribution in [0.25, 0.3) is 0 Å². The summed E-state index contributed by atoms with van der Waals surface area (Å²) < 4.78 is 5.08. The third kappa shape index (κ3) is 2.56. The molecule has 0 aliphatic rings. The largest absolute Gasteiger partial charge is 0.468 e. The van der Waals surface area contributed by atoms with Gasteiger partial charge in [-0.1, -0.05) is 0 Å². The molecule has 0 radical (unpaired) electrons. The molecule has 0 aliphatic heterocycles. The minimum atomic E-state index is -0.0999. The molecule has 3 heteroatoms. The lowest BCUT2D eigenvalue weighted by Gasteiger charge is -2.03. The summed E-state index contributed by atoms with van der Waals surface area (Å²) in [5, 5.41) is 8.42. The van der Waals surface area contributed by atoms with E-state index >= 15 is 0 Å². The first-order valence-electron chi connectivity index (χ1n) is 3.63. The smallest absolute Gasteiger partial charge is 0.121 e. The zero-order valence-corrected chi connectivity index (χ0v) is 6.92. The second kappa shape index (κ2) is 4.42. The number of hydrogen-bond donors (Lipinski definition) is 1. The topological polar surface area (TPSA) is 33.4 Å². The highest BCUT2D eigenvalue weighted by Crippen LogP contribution is 2.25. The van der Waals surface area contributed by atoms with Crippen LogP contribution in [0.1, 0.15) is 24.0 Å². The molecule has 1 unspecified atom stereocenters. The fourth-order valence-electron chi connectivity index (χ4n) is 0.882. The Balaban J connectivity index is 2.36. The molecule has 1 heterocycles. The lowest BCUT2D eigenvalue weighted by Crippen LogP contribution is -1.90.